The van der Waals surface area contributed by atoms with Crippen LogP contribution in [0.5, 0.6) is 0 Å². The Morgan fingerprint density at radius 3 is 2.66 bits per heavy atom. The van der Waals surface area contributed by atoms with Crippen molar-refractivity contribution in [3.8, 4) is 0 Å². The van der Waals surface area contributed by atoms with Crippen molar-refractivity contribution in [2.75, 3.05) is 59.2 Å². The molecule has 4 aliphatic rings. The number of likely N-dealkylation sites (tertiary alicyclic amines) is 1. The van der Waals surface area contributed by atoms with Gasteiger partial charge in [-0.2, -0.15) is 0 Å². The van der Waals surface area contributed by atoms with Crippen LogP contribution in [0, 0.1) is 17.8 Å². The molecule has 230 valence electrons. The molecule has 1 spiro atoms. The fourth-order valence-corrected chi connectivity index (χ4v) is 9.41. The van der Waals surface area contributed by atoms with Crippen LogP contribution in [0.1, 0.15) is 52.4 Å². The van der Waals surface area contributed by atoms with E-state index < -0.39 is 28.7 Å². The first-order valence-electron chi connectivity index (χ1n) is 15.4. The maximum Gasteiger partial charge on any atom is 0.310 e. The Labute approximate surface area is 249 Å². The quantitative estimate of drug-likeness (QED) is 0.166. The van der Waals surface area contributed by atoms with Gasteiger partial charge in [-0.15, -0.1) is 24.9 Å². The Morgan fingerprint density at radius 1 is 1.24 bits per heavy atom. The number of aliphatic hydroxyl groups excluding tert-OH is 1. The molecule has 41 heavy (non-hydrogen) atoms. The zero-order chi connectivity index (χ0) is 29.6. The number of ether oxygens (including phenoxy) is 2. The fourth-order valence-electron chi connectivity index (χ4n) is 7.22. The van der Waals surface area contributed by atoms with E-state index in [1.807, 2.05) is 11.0 Å². The molecule has 6 atom stereocenters. The Bertz CT molecular complexity index is 956. The predicted octanol–water partition coefficient (Wildman–Crippen LogP) is 2.73. The lowest BCUT2D eigenvalue weighted by Crippen LogP contribution is -2.58. The summed E-state index contributed by atoms with van der Waals surface area (Å²) in [5.74, 6) is -1.58. The Morgan fingerprint density at radius 2 is 2.00 bits per heavy atom. The van der Waals surface area contributed by atoms with Crippen molar-refractivity contribution < 1.29 is 29.0 Å². The minimum Gasteiger partial charge on any atom is -0.465 e. The highest BCUT2D eigenvalue weighted by Gasteiger charge is 2.74. The third-order valence-electron chi connectivity index (χ3n) is 9.09. The topological polar surface area (TPSA) is 99.6 Å². The SMILES string of the molecule is C=CCCCCOC(=O)[C@@H]1[C@H]2C(=O)N([C@@H](CO)CC(C)C)C(C(=O)N(CC=C)CCN3CCOCC3)C23CC[C@H]1S3. The monoisotopic (exact) mass is 591 g/mol. The van der Waals surface area contributed by atoms with Crippen molar-refractivity contribution in [3.05, 3.63) is 25.3 Å². The van der Waals surface area contributed by atoms with Crippen molar-refractivity contribution in [1.29, 1.82) is 0 Å². The molecule has 2 unspecified atom stereocenters. The van der Waals surface area contributed by atoms with E-state index in [1.165, 1.54) is 0 Å². The maximum absolute atomic E-state index is 14.6. The first kappa shape index (κ1) is 32.0. The molecule has 4 fully saturated rings. The molecule has 0 aromatic rings. The van der Waals surface area contributed by atoms with Crippen molar-refractivity contribution >= 4 is 29.5 Å². The lowest BCUT2D eigenvalue weighted by Gasteiger charge is -2.40. The van der Waals surface area contributed by atoms with E-state index >= 15 is 0 Å². The highest BCUT2D eigenvalue weighted by molar-refractivity contribution is 8.02. The highest BCUT2D eigenvalue weighted by Crippen LogP contribution is 2.67. The number of hydrogen-bond acceptors (Lipinski definition) is 8. The number of carbonyl (C=O) groups is 3. The molecule has 2 amide bonds. The van der Waals surface area contributed by atoms with E-state index in [0.29, 0.717) is 52.3 Å². The molecular formula is C31H49N3O6S. The molecule has 4 saturated heterocycles. The second kappa shape index (κ2) is 14.5. The summed E-state index contributed by atoms with van der Waals surface area (Å²) in [7, 11) is 0. The average Bonchev–Trinajstić information content (AvgIpc) is 3.61. The van der Waals surface area contributed by atoms with Gasteiger partial charge in [-0.05, 0) is 44.4 Å². The zero-order valence-corrected chi connectivity index (χ0v) is 25.7. The first-order chi connectivity index (χ1) is 19.8. The summed E-state index contributed by atoms with van der Waals surface area (Å²) in [6, 6.07) is -1.22. The summed E-state index contributed by atoms with van der Waals surface area (Å²) >= 11 is 1.65. The van der Waals surface area contributed by atoms with Crippen molar-refractivity contribution in [2.24, 2.45) is 17.8 Å². The number of esters is 1. The van der Waals surface area contributed by atoms with Crippen LogP contribution in [0.2, 0.25) is 0 Å². The lowest BCUT2D eigenvalue weighted by molar-refractivity contribution is -0.154. The van der Waals surface area contributed by atoms with E-state index in [1.54, 1.807) is 22.7 Å². The smallest absolute Gasteiger partial charge is 0.310 e. The summed E-state index contributed by atoms with van der Waals surface area (Å²) in [4.78, 5) is 48.2. The van der Waals surface area contributed by atoms with Crippen LogP contribution < -0.4 is 0 Å². The minimum absolute atomic E-state index is 0.0408. The van der Waals surface area contributed by atoms with Gasteiger partial charge in [0.2, 0.25) is 11.8 Å². The molecule has 0 radical (unpaired) electrons. The Kier molecular flexibility index (Phi) is 11.4. The van der Waals surface area contributed by atoms with Crippen molar-refractivity contribution in [3.63, 3.8) is 0 Å². The summed E-state index contributed by atoms with van der Waals surface area (Å²) in [6.07, 6.45) is 8.14. The number of hydrogen-bond donors (Lipinski definition) is 1. The number of morpholine rings is 1. The molecule has 0 saturated carbocycles. The van der Waals surface area contributed by atoms with E-state index in [0.717, 1.165) is 38.8 Å². The van der Waals surface area contributed by atoms with Gasteiger partial charge < -0.3 is 24.4 Å². The highest BCUT2D eigenvalue weighted by atomic mass is 32.2. The van der Waals surface area contributed by atoms with Gasteiger partial charge in [-0.3, -0.25) is 19.3 Å². The number of unbranched alkanes of at least 4 members (excludes halogenated alkanes) is 2. The predicted molar refractivity (Wildman–Crippen MR) is 160 cm³/mol. The lowest BCUT2D eigenvalue weighted by atomic mass is 9.71. The molecule has 4 heterocycles. The van der Waals surface area contributed by atoms with Gasteiger partial charge in [-0.25, -0.2) is 0 Å². The second-order valence-corrected chi connectivity index (χ2v) is 13.8. The summed E-state index contributed by atoms with van der Waals surface area (Å²) in [6.45, 7) is 16.5. The van der Waals surface area contributed by atoms with E-state index in [2.05, 4.69) is 31.9 Å². The summed E-state index contributed by atoms with van der Waals surface area (Å²) in [5, 5.41) is 10.5. The van der Waals surface area contributed by atoms with Crippen LogP contribution in [0.3, 0.4) is 0 Å². The molecule has 1 N–H and O–H groups in total. The van der Waals surface area contributed by atoms with Crippen LogP contribution in [-0.2, 0) is 23.9 Å². The van der Waals surface area contributed by atoms with Gasteiger partial charge in [0.05, 0.1) is 49.1 Å². The van der Waals surface area contributed by atoms with Gasteiger partial charge in [0.15, 0.2) is 0 Å². The van der Waals surface area contributed by atoms with Crippen LogP contribution in [0.4, 0.5) is 0 Å². The largest absolute Gasteiger partial charge is 0.465 e. The molecule has 9 nitrogen and oxygen atoms in total. The first-order valence-corrected chi connectivity index (χ1v) is 16.2. The molecule has 0 aromatic heterocycles. The maximum atomic E-state index is 14.6. The van der Waals surface area contributed by atoms with Gasteiger partial charge in [0, 0.05) is 38.0 Å². The van der Waals surface area contributed by atoms with E-state index in [4.69, 9.17) is 9.47 Å². The van der Waals surface area contributed by atoms with Gasteiger partial charge >= 0.3 is 5.97 Å². The molecule has 4 rings (SSSR count). The number of nitrogens with zero attached hydrogens (tertiary/aromatic N) is 3. The van der Waals surface area contributed by atoms with Crippen molar-refractivity contribution in [1.82, 2.24) is 14.7 Å². The minimum atomic E-state index is -0.735. The Balaban J connectivity index is 1.61. The number of amides is 2. The average molecular weight is 592 g/mol. The Hall–Kier alpha value is -1.88. The normalized spacial score (nSPS) is 30.0. The van der Waals surface area contributed by atoms with Gasteiger partial charge in [-0.1, -0.05) is 26.0 Å². The number of allylic oxidation sites excluding steroid dienone is 1. The molecule has 0 aliphatic carbocycles. The number of carbonyl (C=O) groups excluding carboxylic acids is 3. The van der Waals surface area contributed by atoms with E-state index in [-0.39, 0.29) is 35.6 Å². The molecule has 4 aliphatic heterocycles. The zero-order valence-electron chi connectivity index (χ0n) is 24.9. The number of aliphatic hydroxyl groups is 1. The fraction of sp³-hybridized carbons (Fsp3) is 0.774. The molecular weight excluding hydrogens is 542 g/mol. The summed E-state index contributed by atoms with van der Waals surface area (Å²) < 4.78 is 10.5. The van der Waals surface area contributed by atoms with Crippen LogP contribution in [-0.4, -0.2) is 119 Å². The van der Waals surface area contributed by atoms with Crippen LogP contribution in [0.25, 0.3) is 0 Å². The van der Waals surface area contributed by atoms with Crippen LogP contribution in [0.15, 0.2) is 25.3 Å². The third-order valence-corrected chi connectivity index (χ3v) is 11.0. The molecule has 2 bridgehead atoms. The number of thioether (sulfide) groups is 1. The number of rotatable bonds is 16. The van der Waals surface area contributed by atoms with Crippen LogP contribution >= 0.6 is 11.8 Å². The van der Waals surface area contributed by atoms with Gasteiger partial charge in [0.1, 0.15) is 6.04 Å². The molecule has 0 aromatic carbocycles. The summed E-state index contributed by atoms with van der Waals surface area (Å²) in [5.41, 5.74) is 0. The van der Waals surface area contributed by atoms with E-state index in [9.17, 15) is 19.5 Å². The molecule has 10 heteroatoms. The van der Waals surface area contributed by atoms with Gasteiger partial charge in [0.25, 0.3) is 0 Å². The second-order valence-electron chi connectivity index (χ2n) is 12.2. The number of fused-ring (bicyclic) bond motifs is 1. The standard InChI is InChI=1S/C31H49N3O6S/c1-5-7-8-9-17-40-30(38)25-24-10-11-31(41-24)26(25)28(36)34(23(21-35)20-22(3)4)27(31)29(37)33(12-6-2)14-13-32-15-18-39-19-16-32/h5-6,22-27,35H,1-2,7-21H2,3-4H3/t23-,24-,25+,26+,27?,31?/m1/s1. The third kappa shape index (κ3) is 6.71. The van der Waals surface area contributed by atoms with Crippen molar-refractivity contribution in [2.45, 2.75) is 74.5 Å².